The lowest BCUT2D eigenvalue weighted by atomic mass is 10.1. The molecule has 2 N–H and O–H groups in total. The van der Waals surface area contributed by atoms with Gasteiger partial charge >= 0.3 is 0 Å². The Hall–Kier alpha value is -3.15. The topological polar surface area (TPSA) is 140 Å². The van der Waals surface area contributed by atoms with Crippen LogP contribution in [0.25, 0.3) is 11.2 Å². The summed E-state index contributed by atoms with van der Waals surface area (Å²) >= 11 is 0. The molecule has 0 aliphatic carbocycles. The van der Waals surface area contributed by atoms with Crippen LogP contribution in [0.2, 0.25) is 0 Å². The van der Waals surface area contributed by atoms with Crippen molar-refractivity contribution in [3.63, 3.8) is 0 Å². The highest BCUT2D eigenvalue weighted by atomic mass is 16.6. The zero-order valence-corrected chi connectivity index (χ0v) is 16.5. The van der Waals surface area contributed by atoms with E-state index in [2.05, 4.69) is 15.0 Å². The molecule has 158 valence electrons. The second kappa shape index (κ2) is 7.94. The second-order valence-electron chi connectivity index (χ2n) is 7.33. The first kappa shape index (κ1) is 20.1. The quantitative estimate of drug-likeness (QED) is 0.447. The van der Waals surface area contributed by atoms with Crippen molar-refractivity contribution in [3.8, 4) is 0 Å². The van der Waals surface area contributed by atoms with Gasteiger partial charge in [-0.05, 0) is 18.9 Å². The van der Waals surface area contributed by atoms with E-state index in [-0.39, 0.29) is 5.69 Å². The van der Waals surface area contributed by atoms with Crippen LogP contribution in [0.4, 0.5) is 11.5 Å². The van der Waals surface area contributed by atoms with Crippen molar-refractivity contribution < 1.29 is 19.9 Å². The average Bonchev–Trinajstić information content (AvgIpc) is 3.28. The van der Waals surface area contributed by atoms with Crippen LogP contribution in [0, 0.1) is 10.1 Å². The number of nitro benzene ring substituents is 1. The molecule has 1 fully saturated rings. The highest BCUT2D eigenvalue weighted by Crippen LogP contribution is 2.32. The average molecular weight is 414 g/mol. The van der Waals surface area contributed by atoms with Crippen molar-refractivity contribution in [2.75, 3.05) is 18.5 Å². The van der Waals surface area contributed by atoms with Crippen LogP contribution in [0.3, 0.4) is 0 Å². The molecule has 0 saturated carbocycles. The molecule has 4 atom stereocenters. The smallest absolute Gasteiger partial charge is 0.269 e. The Morgan fingerprint density at radius 3 is 2.57 bits per heavy atom. The van der Waals surface area contributed by atoms with E-state index in [0.717, 1.165) is 5.56 Å². The van der Waals surface area contributed by atoms with E-state index in [4.69, 9.17) is 4.74 Å². The standard InChI is InChI=1S/C19H22N6O5/c1-11-15(26)16(27)19(30-11)24-10-22-14-17(20-9-21-18(14)24)23(2)8-7-12-3-5-13(6-4-12)25(28)29/h3-6,9-11,15-16,19,26-27H,7-8H2,1-2H3/t11-,15-,16-,19-/m1/s1. The van der Waals surface area contributed by atoms with Crippen LogP contribution >= 0.6 is 0 Å². The van der Waals surface area contributed by atoms with Gasteiger partial charge in [-0.2, -0.15) is 0 Å². The number of aromatic nitrogens is 4. The maximum absolute atomic E-state index is 10.8. The molecule has 1 saturated heterocycles. The molecule has 1 aliphatic rings. The normalized spacial score (nSPS) is 23.7. The summed E-state index contributed by atoms with van der Waals surface area (Å²) in [5.74, 6) is 0.613. The molecule has 0 unspecified atom stereocenters. The number of nitrogens with zero attached hydrogens (tertiary/aromatic N) is 6. The molecule has 2 aromatic heterocycles. The third kappa shape index (κ3) is 3.58. The Morgan fingerprint density at radius 1 is 1.20 bits per heavy atom. The fraction of sp³-hybridized carbons (Fsp3) is 0.421. The summed E-state index contributed by atoms with van der Waals surface area (Å²) in [5, 5.41) is 31.0. The third-order valence-corrected chi connectivity index (χ3v) is 5.34. The second-order valence-corrected chi connectivity index (χ2v) is 7.33. The van der Waals surface area contributed by atoms with Gasteiger partial charge in [0.1, 0.15) is 18.5 Å². The lowest BCUT2D eigenvalue weighted by molar-refractivity contribution is -0.384. The van der Waals surface area contributed by atoms with Crippen LogP contribution in [-0.2, 0) is 11.2 Å². The maximum Gasteiger partial charge on any atom is 0.269 e. The number of hydrogen-bond donors (Lipinski definition) is 2. The van der Waals surface area contributed by atoms with Gasteiger partial charge in [0.25, 0.3) is 5.69 Å². The predicted molar refractivity (Wildman–Crippen MR) is 107 cm³/mol. The zero-order valence-electron chi connectivity index (χ0n) is 16.5. The Bertz CT molecular complexity index is 1060. The van der Waals surface area contributed by atoms with Crippen molar-refractivity contribution >= 4 is 22.7 Å². The minimum atomic E-state index is -1.09. The molecule has 4 rings (SSSR count). The summed E-state index contributed by atoms with van der Waals surface area (Å²) in [7, 11) is 1.87. The van der Waals surface area contributed by atoms with Gasteiger partial charge in [-0.15, -0.1) is 0 Å². The van der Waals surface area contributed by atoms with E-state index >= 15 is 0 Å². The minimum absolute atomic E-state index is 0.0610. The molecular weight excluding hydrogens is 392 g/mol. The molecule has 1 aromatic carbocycles. The number of aliphatic hydroxyl groups is 2. The Morgan fingerprint density at radius 2 is 1.93 bits per heavy atom. The molecule has 3 heterocycles. The number of anilines is 1. The van der Waals surface area contributed by atoms with E-state index < -0.39 is 29.5 Å². The summed E-state index contributed by atoms with van der Waals surface area (Å²) in [6.45, 7) is 2.30. The number of non-ortho nitro benzene ring substituents is 1. The summed E-state index contributed by atoms with van der Waals surface area (Å²) in [6.07, 6.45) is 0.232. The van der Waals surface area contributed by atoms with E-state index in [1.54, 1.807) is 23.6 Å². The molecule has 1 aliphatic heterocycles. The monoisotopic (exact) mass is 414 g/mol. The zero-order chi connectivity index (χ0) is 21.4. The van der Waals surface area contributed by atoms with Gasteiger partial charge < -0.3 is 19.8 Å². The maximum atomic E-state index is 10.8. The fourth-order valence-electron chi connectivity index (χ4n) is 3.55. The number of hydrogen-bond acceptors (Lipinski definition) is 9. The van der Waals surface area contributed by atoms with Gasteiger partial charge in [0.05, 0.1) is 17.4 Å². The summed E-state index contributed by atoms with van der Waals surface area (Å²) < 4.78 is 7.27. The van der Waals surface area contributed by atoms with Crippen molar-refractivity contribution in [1.82, 2.24) is 19.5 Å². The van der Waals surface area contributed by atoms with Crippen LogP contribution < -0.4 is 4.90 Å². The summed E-state index contributed by atoms with van der Waals surface area (Å²) in [6, 6.07) is 6.45. The number of ether oxygens (including phenoxy) is 1. The van der Waals surface area contributed by atoms with Gasteiger partial charge in [0.2, 0.25) is 0 Å². The molecule has 11 heteroatoms. The highest BCUT2D eigenvalue weighted by molar-refractivity contribution is 5.83. The van der Waals surface area contributed by atoms with Crippen molar-refractivity contribution in [2.45, 2.75) is 37.9 Å². The van der Waals surface area contributed by atoms with Crippen molar-refractivity contribution in [1.29, 1.82) is 0 Å². The number of nitro groups is 1. The fourth-order valence-corrected chi connectivity index (χ4v) is 3.55. The predicted octanol–water partition coefficient (Wildman–Crippen LogP) is 1.05. The Kier molecular flexibility index (Phi) is 5.33. The van der Waals surface area contributed by atoms with Crippen LogP contribution in [0.15, 0.2) is 36.9 Å². The lowest BCUT2D eigenvalue weighted by Crippen LogP contribution is -2.30. The van der Waals surface area contributed by atoms with Crippen molar-refractivity contribution in [3.05, 3.63) is 52.6 Å². The minimum Gasteiger partial charge on any atom is -0.388 e. The Balaban J connectivity index is 1.53. The molecular formula is C19H22N6O5. The number of rotatable bonds is 6. The third-order valence-electron chi connectivity index (χ3n) is 5.34. The van der Waals surface area contributed by atoms with Crippen LogP contribution in [0.5, 0.6) is 0 Å². The lowest BCUT2D eigenvalue weighted by Gasteiger charge is -2.19. The largest absolute Gasteiger partial charge is 0.388 e. The molecule has 0 bridgehead atoms. The number of aliphatic hydroxyl groups excluding tert-OH is 2. The molecule has 3 aromatic rings. The van der Waals surface area contributed by atoms with Crippen molar-refractivity contribution in [2.24, 2.45) is 0 Å². The molecule has 30 heavy (non-hydrogen) atoms. The molecule has 0 radical (unpaired) electrons. The molecule has 0 spiro atoms. The first-order valence-corrected chi connectivity index (χ1v) is 9.50. The van der Waals surface area contributed by atoms with E-state index in [0.29, 0.717) is 29.9 Å². The van der Waals surface area contributed by atoms with Gasteiger partial charge in [-0.25, -0.2) is 15.0 Å². The number of imidazole rings is 1. The van der Waals surface area contributed by atoms with Crippen LogP contribution in [-0.4, -0.2) is 66.6 Å². The van der Waals surface area contributed by atoms with Gasteiger partial charge in [-0.1, -0.05) is 12.1 Å². The SMILES string of the molecule is C[C@H]1O[C@@H](n2cnc3c(N(C)CCc4ccc([N+](=O)[O-])cc4)ncnc32)[C@H](O)[C@@H]1O. The molecule has 11 nitrogen and oxygen atoms in total. The van der Waals surface area contributed by atoms with Gasteiger partial charge in [-0.3, -0.25) is 14.7 Å². The number of fused-ring (bicyclic) bond motifs is 1. The first-order chi connectivity index (χ1) is 14.4. The van der Waals surface area contributed by atoms with E-state index in [9.17, 15) is 20.3 Å². The van der Waals surface area contributed by atoms with Gasteiger partial charge in [0.15, 0.2) is 23.2 Å². The number of benzene rings is 1. The Labute approximate surface area is 171 Å². The van der Waals surface area contributed by atoms with Crippen LogP contribution in [0.1, 0.15) is 18.7 Å². The highest BCUT2D eigenvalue weighted by Gasteiger charge is 2.42. The van der Waals surface area contributed by atoms with E-state index in [1.165, 1.54) is 24.8 Å². The summed E-state index contributed by atoms with van der Waals surface area (Å²) in [4.78, 5) is 25.3. The first-order valence-electron chi connectivity index (χ1n) is 9.50. The molecule has 0 amide bonds. The summed E-state index contributed by atoms with van der Waals surface area (Å²) in [5.41, 5.74) is 2.07. The number of likely N-dealkylation sites (N-methyl/N-ethyl adjacent to an activating group) is 1. The van der Waals surface area contributed by atoms with Gasteiger partial charge in [0, 0.05) is 25.7 Å². The van der Waals surface area contributed by atoms with E-state index in [1.807, 2.05) is 11.9 Å².